The summed E-state index contributed by atoms with van der Waals surface area (Å²) in [7, 11) is 0. The average molecular weight is 287 g/mol. The van der Waals surface area contributed by atoms with Crippen LogP contribution in [0.25, 0.3) is 0 Å². The fourth-order valence-corrected chi connectivity index (χ4v) is 3.50. The number of nitrogens with zero attached hydrogens (tertiary/aromatic N) is 1. The minimum absolute atomic E-state index is 0.303. The predicted molar refractivity (Wildman–Crippen MR) is 85.0 cm³/mol. The topological polar surface area (TPSA) is 58.4 Å². The molecule has 114 valence electrons. The van der Waals surface area contributed by atoms with Crippen LogP contribution in [0.1, 0.15) is 49.3 Å². The number of hydrogen-bond acceptors (Lipinski definition) is 3. The van der Waals surface area contributed by atoms with E-state index in [1.165, 1.54) is 17.5 Å². The fraction of sp³-hybridized carbons (Fsp3) is 0.588. The number of likely N-dealkylation sites (tertiary alicyclic amines) is 1. The standard InChI is InChI=1S/C17H25N3O/c18-14-5-6-15-13(12-14)4-7-16(15)19-9-8-17(21)20-10-2-1-3-11-20/h5-6,12,16,19H,1-4,7-11,18H2. The first-order valence-electron chi connectivity index (χ1n) is 8.13. The molecule has 1 aromatic carbocycles. The van der Waals surface area contributed by atoms with Crippen molar-refractivity contribution in [3.8, 4) is 0 Å². The third-order valence-electron chi connectivity index (χ3n) is 4.68. The number of carbonyl (C=O) groups excluding carboxylic acids is 1. The van der Waals surface area contributed by atoms with Gasteiger partial charge in [0.1, 0.15) is 0 Å². The lowest BCUT2D eigenvalue weighted by Crippen LogP contribution is -2.37. The average Bonchev–Trinajstić information content (AvgIpc) is 2.90. The van der Waals surface area contributed by atoms with Gasteiger partial charge in [0.2, 0.25) is 5.91 Å². The van der Waals surface area contributed by atoms with Crippen molar-refractivity contribution < 1.29 is 4.79 Å². The van der Waals surface area contributed by atoms with Gasteiger partial charge in [0.25, 0.3) is 0 Å². The maximum absolute atomic E-state index is 12.1. The van der Waals surface area contributed by atoms with Gasteiger partial charge in [-0.05, 0) is 55.4 Å². The van der Waals surface area contributed by atoms with Crippen molar-refractivity contribution in [3.63, 3.8) is 0 Å². The second-order valence-corrected chi connectivity index (χ2v) is 6.20. The minimum Gasteiger partial charge on any atom is -0.399 e. The molecule has 3 N–H and O–H groups in total. The van der Waals surface area contributed by atoms with Crippen LogP contribution in [0.5, 0.6) is 0 Å². The number of amides is 1. The molecule has 4 nitrogen and oxygen atoms in total. The Bertz CT molecular complexity index is 509. The number of benzene rings is 1. The Kier molecular flexibility index (Phi) is 4.44. The Balaban J connectivity index is 1.47. The van der Waals surface area contributed by atoms with Gasteiger partial charge in [0, 0.05) is 37.8 Å². The van der Waals surface area contributed by atoms with Crippen LogP contribution < -0.4 is 11.1 Å². The monoisotopic (exact) mass is 287 g/mol. The molecule has 3 rings (SSSR count). The van der Waals surface area contributed by atoms with E-state index in [0.717, 1.165) is 51.0 Å². The molecule has 1 unspecified atom stereocenters. The minimum atomic E-state index is 0.303. The maximum Gasteiger partial charge on any atom is 0.223 e. The van der Waals surface area contributed by atoms with Gasteiger partial charge in [0.15, 0.2) is 0 Å². The molecule has 0 bridgehead atoms. The molecule has 1 heterocycles. The zero-order valence-electron chi connectivity index (χ0n) is 12.6. The van der Waals surface area contributed by atoms with Crippen LogP contribution in [0, 0.1) is 0 Å². The number of hydrogen-bond donors (Lipinski definition) is 2. The van der Waals surface area contributed by atoms with Gasteiger partial charge < -0.3 is 16.0 Å². The summed E-state index contributed by atoms with van der Waals surface area (Å²) in [6, 6.07) is 6.56. The number of aryl methyl sites for hydroxylation is 1. The molecule has 1 amide bonds. The molecule has 1 aliphatic heterocycles. The van der Waals surface area contributed by atoms with Crippen LogP contribution in [-0.4, -0.2) is 30.4 Å². The lowest BCUT2D eigenvalue weighted by molar-refractivity contribution is -0.132. The zero-order chi connectivity index (χ0) is 14.7. The molecule has 1 fully saturated rings. The Morgan fingerprint density at radius 1 is 1.29 bits per heavy atom. The summed E-state index contributed by atoms with van der Waals surface area (Å²) < 4.78 is 0. The van der Waals surface area contributed by atoms with E-state index in [1.807, 2.05) is 11.0 Å². The van der Waals surface area contributed by atoms with Crippen LogP contribution >= 0.6 is 0 Å². The third kappa shape index (κ3) is 3.38. The summed E-state index contributed by atoms with van der Waals surface area (Å²) in [5.41, 5.74) is 9.38. The van der Waals surface area contributed by atoms with E-state index in [0.29, 0.717) is 18.4 Å². The molecule has 0 aromatic heterocycles. The third-order valence-corrected chi connectivity index (χ3v) is 4.68. The van der Waals surface area contributed by atoms with E-state index in [4.69, 9.17) is 5.73 Å². The van der Waals surface area contributed by atoms with E-state index in [9.17, 15) is 4.79 Å². The van der Waals surface area contributed by atoms with Crippen molar-refractivity contribution in [2.24, 2.45) is 0 Å². The van der Waals surface area contributed by atoms with E-state index in [2.05, 4.69) is 17.4 Å². The van der Waals surface area contributed by atoms with Crippen LogP contribution in [0.2, 0.25) is 0 Å². The smallest absolute Gasteiger partial charge is 0.223 e. The summed E-state index contributed by atoms with van der Waals surface area (Å²) in [6.45, 7) is 2.67. The SMILES string of the molecule is Nc1ccc2c(c1)CCC2NCCC(=O)N1CCCCC1. The fourth-order valence-electron chi connectivity index (χ4n) is 3.50. The molecule has 0 spiro atoms. The van der Waals surface area contributed by atoms with Crippen molar-refractivity contribution >= 4 is 11.6 Å². The van der Waals surface area contributed by atoms with Crippen LogP contribution in [0.15, 0.2) is 18.2 Å². The Morgan fingerprint density at radius 2 is 2.10 bits per heavy atom. The highest BCUT2D eigenvalue weighted by Crippen LogP contribution is 2.32. The zero-order valence-corrected chi connectivity index (χ0v) is 12.6. The number of nitrogens with two attached hydrogens (primary N) is 1. The highest BCUT2D eigenvalue weighted by Gasteiger charge is 2.22. The van der Waals surface area contributed by atoms with Crippen LogP contribution in [0.3, 0.4) is 0 Å². The maximum atomic E-state index is 12.1. The van der Waals surface area contributed by atoms with Crippen LogP contribution in [-0.2, 0) is 11.2 Å². The molecule has 1 saturated heterocycles. The summed E-state index contributed by atoms with van der Waals surface area (Å²) in [5.74, 6) is 0.303. The number of carbonyl (C=O) groups is 1. The van der Waals surface area contributed by atoms with Gasteiger partial charge in [0.05, 0.1) is 0 Å². The summed E-state index contributed by atoms with van der Waals surface area (Å²) in [5, 5.41) is 3.54. The van der Waals surface area contributed by atoms with E-state index >= 15 is 0 Å². The molecule has 0 radical (unpaired) electrons. The van der Waals surface area contributed by atoms with Gasteiger partial charge in [-0.1, -0.05) is 6.07 Å². The summed E-state index contributed by atoms with van der Waals surface area (Å²) in [4.78, 5) is 14.2. The molecule has 1 atom stereocenters. The predicted octanol–water partition coefficient (Wildman–Crippen LogP) is 2.25. The highest BCUT2D eigenvalue weighted by molar-refractivity contribution is 5.76. The molecular formula is C17H25N3O. The molecule has 1 aliphatic carbocycles. The second kappa shape index (κ2) is 6.48. The number of rotatable bonds is 4. The van der Waals surface area contributed by atoms with Crippen molar-refractivity contribution in [2.45, 2.75) is 44.6 Å². The Morgan fingerprint density at radius 3 is 2.90 bits per heavy atom. The van der Waals surface area contributed by atoms with Gasteiger partial charge in [-0.25, -0.2) is 0 Å². The Labute approximate surface area is 126 Å². The first-order chi connectivity index (χ1) is 10.2. The first kappa shape index (κ1) is 14.4. The number of fused-ring (bicyclic) bond motifs is 1. The first-order valence-corrected chi connectivity index (χ1v) is 8.13. The van der Waals surface area contributed by atoms with Crippen molar-refractivity contribution in [1.82, 2.24) is 10.2 Å². The summed E-state index contributed by atoms with van der Waals surface area (Å²) >= 11 is 0. The van der Waals surface area contributed by atoms with Crippen molar-refractivity contribution in [1.29, 1.82) is 0 Å². The quantitative estimate of drug-likeness (QED) is 0.835. The Hall–Kier alpha value is -1.55. The lowest BCUT2D eigenvalue weighted by Gasteiger charge is -2.27. The van der Waals surface area contributed by atoms with Gasteiger partial charge in [-0.15, -0.1) is 0 Å². The largest absolute Gasteiger partial charge is 0.399 e. The van der Waals surface area contributed by atoms with Gasteiger partial charge in [-0.3, -0.25) is 4.79 Å². The molecular weight excluding hydrogens is 262 g/mol. The highest BCUT2D eigenvalue weighted by atomic mass is 16.2. The van der Waals surface area contributed by atoms with E-state index in [-0.39, 0.29) is 0 Å². The number of nitrogens with one attached hydrogen (secondary N) is 1. The van der Waals surface area contributed by atoms with Gasteiger partial charge >= 0.3 is 0 Å². The molecule has 21 heavy (non-hydrogen) atoms. The van der Waals surface area contributed by atoms with Crippen LogP contribution in [0.4, 0.5) is 5.69 Å². The molecule has 0 saturated carbocycles. The molecule has 4 heteroatoms. The van der Waals surface area contributed by atoms with Gasteiger partial charge in [-0.2, -0.15) is 0 Å². The second-order valence-electron chi connectivity index (χ2n) is 6.20. The summed E-state index contributed by atoms with van der Waals surface area (Å²) in [6.07, 6.45) is 6.40. The molecule has 2 aliphatic rings. The number of anilines is 1. The van der Waals surface area contributed by atoms with E-state index in [1.54, 1.807) is 0 Å². The molecule has 1 aromatic rings. The van der Waals surface area contributed by atoms with E-state index < -0.39 is 0 Å². The number of piperidine rings is 1. The van der Waals surface area contributed by atoms with Crippen molar-refractivity contribution in [3.05, 3.63) is 29.3 Å². The lowest BCUT2D eigenvalue weighted by atomic mass is 10.1. The normalized spacial score (nSPS) is 21.3. The number of nitrogen functional groups attached to an aromatic ring is 1. The van der Waals surface area contributed by atoms with Crippen molar-refractivity contribution in [2.75, 3.05) is 25.4 Å².